The number of rotatable bonds is 9. The van der Waals surface area contributed by atoms with Gasteiger partial charge in [0.1, 0.15) is 5.82 Å². The van der Waals surface area contributed by atoms with Crippen LogP contribution in [-0.4, -0.2) is 38.1 Å². The second kappa shape index (κ2) is 10.3. The molecule has 2 N–H and O–H groups in total. The van der Waals surface area contributed by atoms with Gasteiger partial charge in [0, 0.05) is 37.8 Å². The van der Waals surface area contributed by atoms with Gasteiger partial charge in [-0.15, -0.1) is 0 Å². The molecule has 162 valence electrons. The van der Waals surface area contributed by atoms with E-state index in [2.05, 4.69) is 10.6 Å². The number of hydrogen-bond donors (Lipinski definition) is 2. The molecule has 0 saturated heterocycles. The minimum Gasteiger partial charge on any atom is -0.326 e. The first-order valence-electron chi connectivity index (χ1n) is 9.55. The van der Waals surface area contributed by atoms with Crippen LogP contribution in [0.1, 0.15) is 31.7 Å². The summed E-state index contributed by atoms with van der Waals surface area (Å²) in [6, 6.07) is 9.84. The highest BCUT2D eigenvalue weighted by Gasteiger charge is 2.20. The van der Waals surface area contributed by atoms with E-state index in [1.807, 2.05) is 6.92 Å². The lowest BCUT2D eigenvalue weighted by atomic mass is 10.1. The van der Waals surface area contributed by atoms with Crippen molar-refractivity contribution >= 4 is 33.2 Å². The molecule has 0 atom stereocenters. The summed E-state index contributed by atoms with van der Waals surface area (Å²) in [6.45, 7) is 3.72. The van der Waals surface area contributed by atoms with Crippen LogP contribution in [0, 0.1) is 12.7 Å². The molecule has 0 aliphatic rings. The Hall–Kier alpha value is -2.78. The van der Waals surface area contributed by atoms with Crippen LogP contribution in [0.4, 0.5) is 15.8 Å². The molecule has 9 heteroatoms. The van der Waals surface area contributed by atoms with Crippen molar-refractivity contribution < 1.29 is 22.4 Å². The van der Waals surface area contributed by atoms with E-state index >= 15 is 0 Å². The van der Waals surface area contributed by atoms with E-state index in [1.54, 1.807) is 25.1 Å². The molecule has 2 rings (SSSR count). The summed E-state index contributed by atoms with van der Waals surface area (Å²) in [7, 11) is -2.33. The normalized spacial score (nSPS) is 11.4. The molecule has 0 radical (unpaired) electrons. The summed E-state index contributed by atoms with van der Waals surface area (Å²) >= 11 is 0. The van der Waals surface area contributed by atoms with Crippen LogP contribution in [0.25, 0.3) is 0 Å². The monoisotopic (exact) mass is 435 g/mol. The van der Waals surface area contributed by atoms with Gasteiger partial charge in [-0.25, -0.2) is 17.1 Å². The second-order valence-electron chi connectivity index (χ2n) is 6.86. The summed E-state index contributed by atoms with van der Waals surface area (Å²) in [5, 5.41) is 5.53. The van der Waals surface area contributed by atoms with Gasteiger partial charge in [-0.2, -0.15) is 0 Å². The Balaban J connectivity index is 1.91. The minimum atomic E-state index is -3.74. The summed E-state index contributed by atoms with van der Waals surface area (Å²) < 4.78 is 39.1. The van der Waals surface area contributed by atoms with E-state index in [0.717, 1.165) is 22.0 Å². The predicted octanol–water partition coefficient (Wildman–Crippen LogP) is 3.52. The molecular formula is C21H26FN3O4S. The molecule has 0 saturated carbocycles. The zero-order valence-electron chi connectivity index (χ0n) is 17.2. The fourth-order valence-electron chi connectivity index (χ4n) is 2.67. The summed E-state index contributed by atoms with van der Waals surface area (Å²) in [4.78, 5) is 23.8. The molecule has 0 bridgehead atoms. The average molecular weight is 436 g/mol. The lowest BCUT2D eigenvalue weighted by molar-refractivity contribution is -0.116. The van der Waals surface area contributed by atoms with Crippen LogP contribution < -0.4 is 10.6 Å². The Morgan fingerprint density at radius 2 is 1.70 bits per heavy atom. The topological polar surface area (TPSA) is 95.6 Å². The molecule has 0 aromatic heterocycles. The summed E-state index contributed by atoms with van der Waals surface area (Å²) in [5.74, 6) is -0.895. The molecule has 0 spiro atoms. The molecule has 0 heterocycles. The molecule has 0 aliphatic heterocycles. The van der Waals surface area contributed by atoms with E-state index < -0.39 is 15.8 Å². The van der Waals surface area contributed by atoms with Gasteiger partial charge in [-0.05, 0) is 55.3 Å². The highest BCUT2D eigenvalue weighted by molar-refractivity contribution is 7.89. The van der Waals surface area contributed by atoms with Gasteiger partial charge < -0.3 is 10.6 Å². The van der Waals surface area contributed by atoms with Gasteiger partial charge in [-0.3, -0.25) is 9.59 Å². The smallest absolute Gasteiger partial charge is 0.242 e. The van der Waals surface area contributed by atoms with E-state index in [-0.39, 0.29) is 29.7 Å². The zero-order chi connectivity index (χ0) is 22.3. The Morgan fingerprint density at radius 1 is 1.03 bits per heavy atom. The number of anilines is 2. The largest absolute Gasteiger partial charge is 0.326 e. The van der Waals surface area contributed by atoms with Gasteiger partial charge in [0.25, 0.3) is 0 Å². The third-order valence-corrected chi connectivity index (χ3v) is 6.39. The number of nitrogens with zero attached hydrogens (tertiary/aromatic N) is 1. The van der Waals surface area contributed by atoms with Crippen molar-refractivity contribution in [1.82, 2.24) is 4.31 Å². The number of hydrogen-bond acceptors (Lipinski definition) is 4. The standard InChI is InChI=1S/C21H26FN3O4S/c1-4-20(26)23-17-10-7-15(2)19(14-17)24-21(27)6-5-13-25(3)30(28,29)18-11-8-16(22)9-12-18/h7-12,14H,4-6,13H2,1-3H3,(H,23,26)(H,24,27). The van der Waals surface area contributed by atoms with Crippen molar-refractivity contribution in [2.45, 2.75) is 38.0 Å². The van der Waals surface area contributed by atoms with E-state index in [4.69, 9.17) is 0 Å². The van der Waals surface area contributed by atoms with Crippen molar-refractivity contribution in [1.29, 1.82) is 0 Å². The molecule has 2 aromatic rings. The highest BCUT2D eigenvalue weighted by Crippen LogP contribution is 2.21. The fourth-order valence-corrected chi connectivity index (χ4v) is 3.87. The molecule has 2 amide bonds. The van der Waals surface area contributed by atoms with Gasteiger partial charge in [0.05, 0.1) is 4.90 Å². The number of sulfonamides is 1. The van der Waals surface area contributed by atoms with Crippen LogP contribution in [0.2, 0.25) is 0 Å². The first-order chi connectivity index (χ1) is 14.1. The van der Waals surface area contributed by atoms with Gasteiger partial charge in [0.2, 0.25) is 21.8 Å². The van der Waals surface area contributed by atoms with Gasteiger partial charge in [0.15, 0.2) is 0 Å². The number of nitrogens with one attached hydrogen (secondary N) is 2. The molecule has 7 nitrogen and oxygen atoms in total. The Morgan fingerprint density at radius 3 is 2.33 bits per heavy atom. The van der Waals surface area contributed by atoms with Crippen molar-refractivity contribution in [2.75, 3.05) is 24.2 Å². The van der Waals surface area contributed by atoms with E-state index in [0.29, 0.717) is 24.2 Å². The van der Waals surface area contributed by atoms with Crippen LogP contribution in [0.5, 0.6) is 0 Å². The maximum Gasteiger partial charge on any atom is 0.242 e. The fraction of sp³-hybridized carbons (Fsp3) is 0.333. The van der Waals surface area contributed by atoms with Crippen LogP contribution in [0.3, 0.4) is 0 Å². The quantitative estimate of drug-likeness (QED) is 0.630. The van der Waals surface area contributed by atoms with Crippen LogP contribution in [-0.2, 0) is 19.6 Å². The third kappa shape index (κ3) is 6.36. The third-order valence-electron chi connectivity index (χ3n) is 4.52. The van der Waals surface area contributed by atoms with Crippen molar-refractivity contribution in [2.24, 2.45) is 0 Å². The molecule has 0 fully saturated rings. The Bertz CT molecular complexity index is 1010. The first-order valence-corrected chi connectivity index (χ1v) is 11.0. The maximum absolute atomic E-state index is 13.0. The number of halogens is 1. The lowest BCUT2D eigenvalue weighted by Gasteiger charge is -2.17. The van der Waals surface area contributed by atoms with Crippen LogP contribution >= 0.6 is 0 Å². The molecule has 30 heavy (non-hydrogen) atoms. The van der Waals surface area contributed by atoms with Gasteiger partial charge in [-0.1, -0.05) is 13.0 Å². The van der Waals surface area contributed by atoms with Crippen molar-refractivity contribution in [3.05, 3.63) is 53.8 Å². The maximum atomic E-state index is 13.0. The van der Waals surface area contributed by atoms with E-state index in [1.165, 1.54) is 19.2 Å². The zero-order valence-corrected chi connectivity index (χ0v) is 18.1. The molecular weight excluding hydrogens is 409 g/mol. The van der Waals surface area contributed by atoms with Crippen LogP contribution in [0.15, 0.2) is 47.4 Å². The Kier molecular flexibility index (Phi) is 8.08. The minimum absolute atomic E-state index is 0.00239. The van der Waals surface area contributed by atoms with E-state index in [9.17, 15) is 22.4 Å². The first kappa shape index (κ1) is 23.5. The summed E-state index contributed by atoms with van der Waals surface area (Å²) in [6.07, 6.45) is 0.784. The van der Waals surface area contributed by atoms with Crippen molar-refractivity contribution in [3.8, 4) is 0 Å². The molecule has 0 unspecified atom stereocenters. The highest BCUT2D eigenvalue weighted by atomic mass is 32.2. The summed E-state index contributed by atoms with van der Waals surface area (Å²) in [5.41, 5.74) is 2.02. The Labute approximate surface area is 176 Å². The van der Waals surface area contributed by atoms with Crippen molar-refractivity contribution in [3.63, 3.8) is 0 Å². The SMILES string of the molecule is CCC(=O)Nc1ccc(C)c(NC(=O)CCCN(C)S(=O)(=O)c2ccc(F)cc2)c1. The second-order valence-corrected chi connectivity index (χ2v) is 8.91. The number of aryl methyl sites for hydroxylation is 1. The number of amides is 2. The number of carbonyl (C=O) groups excluding carboxylic acids is 2. The predicted molar refractivity (Wildman–Crippen MR) is 114 cm³/mol. The molecule has 0 aliphatic carbocycles. The number of carbonyl (C=O) groups is 2. The van der Waals surface area contributed by atoms with Gasteiger partial charge >= 0.3 is 0 Å². The number of benzene rings is 2. The lowest BCUT2D eigenvalue weighted by Crippen LogP contribution is -2.28. The average Bonchev–Trinajstić information content (AvgIpc) is 2.70. The molecule has 2 aromatic carbocycles.